The van der Waals surface area contributed by atoms with Crippen LogP contribution in [0.15, 0.2) is 34.6 Å². The predicted octanol–water partition coefficient (Wildman–Crippen LogP) is 2.68. The van der Waals surface area contributed by atoms with Crippen molar-refractivity contribution in [1.29, 1.82) is 0 Å². The van der Waals surface area contributed by atoms with Gasteiger partial charge in [-0.05, 0) is 30.7 Å². The van der Waals surface area contributed by atoms with E-state index in [1.807, 2.05) is 24.3 Å². The molecule has 3 N–H and O–H groups in total. The number of nitrogens with one attached hydrogen (secondary N) is 1. The highest BCUT2D eigenvalue weighted by Crippen LogP contribution is 2.14. The van der Waals surface area contributed by atoms with Crippen molar-refractivity contribution in [2.24, 2.45) is 10.7 Å². The summed E-state index contributed by atoms with van der Waals surface area (Å²) in [7, 11) is 1.64. The molecule has 112 valence electrons. The molecule has 0 saturated carbocycles. The summed E-state index contributed by atoms with van der Waals surface area (Å²) in [6.45, 7) is 2.74. The molecule has 0 aliphatic carbocycles. The minimum Gasteiger partial charge on any atom is -0.497 e. The van der Waals surface area contributed by atoms with E-state index in [9.17, 15) is 0 Å². The van der Waals surface area contributed by atoms with Gasteiger partial charge in [0.15, 0.2) is 5.96 Å². The van der Waals surface area contributed by atoms with Crippen LogP contribution in [0.2, 0.25) is 0 Å². The molecule has 1 heterocycles. The lowest BCUT2D eigenvalue weighted by Gasteiger charge is -2.06. The monoisotopic (exact) mass is 304 g/mol. The van der Waals surface area contributed by atoms with Crippen molar-refractivity contribution >= 4 is 23.0 Å². The molecule has 2 aromatic rings. The second kappa shape index (κ2) is 7.64. The Hall–Kier alpha value is -2.08. The molecule has 0 atom stereocenters. The molecule has 2 rings (SSSR count). The molecule has 0 aliphatic heterocycles. The van der Waals surface area contributed by atoms with Crippen molar-refractivity contribution in [1.82, 2.24) is 4.98 Å². The van der Waals surface area contributed by atoms with Gasteiger partial charge in [-0.3, -0.25) is 4.99 Å². The molecule has 21 heavy (non-hydrogen) atoms. The van der Waals surface area contributed by atoms with Crippen LogP contribution in [0.25, 0.3) is 0 Å². The number of thiazole rings is 1. The molecule has 1 aromatic heterocycles. The first-order valence-electron chi connectivity index (χ1n) is 6.85. The van der Waals surface area contributed by atoms with E-state index in [4.69, 9.17) is 10.5 Å². The first-order valence-corrected chi connectivity index (χ1v) is 7.73. The van der Waals surface area contributed by atoms with Gasteiger partial charge in [-0.2, -0.15) is 0 Å². The molecule has 0 amide bonds. The van der Waals surface area contributed by atoms with Gasteiger partial charge in [-0.1, -0.05) is 6.92 Å². The van der Waals surface area contributed by atoms with Gasteiger partial charge in [0.25, 0.3) is 0 Å². The first kappa shape index (κ1) is 15.3. The number of nitrogens with two attached hydrogens (primary N) is 1. The van der Waals surface area contributed by atoms with Crippen molar-refractivity contribution in [3.63, 3.8) is 0 Å². The molecular weight excluding hydrogens is 284 g/mol. The molecule has 0 radical (unpaired) electrons. The zero-order valence-electron chi connectivity index (χ0n) is 12.3. The number of hydrogen-bond acceptors (Lipinski definition) is 4. The highest BCUT2D eigenvalue weighted by atomic mass is 32.1. The lowest BCUT2D eigenvalue weighted by molar-refractivity contribution is 0.415. The molecule has 1 aromatic carbocycles. The Morgan fingerprint density at radius 1 is 1.38 bits per heavy atom. The Kier molecular flexibility index (Phi) is 5.57. The zero-order valence-corrected chi connectivity index (χ0v) is 13.1. The fourth-order valence-corrected chi connectivity index (χ4v) is 2.56. The minimum atomic E-state index is 0.408. The number of anilines is 1. The molecule has 0 saturated heterocycles. The summed E-state index contributed by atoms with van der Waals surface area (Å²) in [5.41, 5.74) is 7.83. The van der Waals surface area contributed by atoms with Crippen LogP contribution in [-0.2, 0) is 12.8 Å². The molecule has 0 unspecified atom stereocenters. The van der Waals surface area contributed by atoms with Gasteiger partial charge in [-0.15, -0.1) is 11.3 Å². The number of aliphatic imine (C=N–C) groups is 1. The summed E-state index contributed by atoms with van der Waals surface area (Å²) in [6.07, 6.45) is 1.79. The van der Waals surface area contributed by atoms with Crippen molar-refractivity contribution in [2.75, 3.05) is 19.0 Å². The van der Waals surface area contributed by atoms with Gasteiger partial charge in [-0.25, -0.2) is 4.98 Å². The van der Waals surface area contributed by atoms with Gasteiger partial charge < -0.3 is 15.8 Å². The molecule has 5 nitrogen and oxygen atoms in total. The largest absolute Gasteiger partial charge is 0.497 e. The van der Waals surface area contributed by atoms with Crippen LogP contribution in [-0.4, -0.2) is 24.6 Å². The number of nitrogens with zero attached hydrogens (tertiary/aromatic N) is 2. The second-order valence-corrected chi connectivity index (χ2v) is 5.40. The van der Waals surface area contributed by atoms with Crippen LogP contribution < -0.4 is 15.8 Å². The summed E-state index contributed by atoms with van der Waals surface area (Å²) < 4.78 is 5.10. The number of rotatable bonds is 6. The van der Waals surface area contributed by atoms with Gasteiger partial charge in [0.2, 0.25) is 0 Å². The summed E-state index contributed by atoms with van der Waals surface area (Å²) in [4.78, 5) is 8.81. The van der Waals surface area contributed by atoms with E-state index in [0.717, 1.165) is 30.0 Å². The maximum absolute atomic E-state index is 5.86. The Labute approximate surface area is 128 Å². The van der Waals surface area contributed by atoms with Crippen LogP contribution in [0.4, 0.5) is 5.69 Å². The average Bonchev–Trinajstić information content (AvgIpc) is 2.96. The van der Waals surface area contributed by atoms with Gasteiger partial charge in [0, 0.05) is 24.0 Å². The van der Waals surface area contributed by atoms with Crippen molar-refractivity contribution < 1.29 is 4.74 Å². The topological polar surface area (TPSA) is 72.5 Å². The van der Waals surface area contributed by atoms with E-state index < -0.39 is 0 Å². The van der Waals surface area contributed by atoms with E-state index in [1.165, 1.54) is 5.01 Å². The zero-order chi connectivity index (χ0) is 15.1. The van der Waals surface area contributed by atoms with Crippen LogP contribution in [0.1, 0.15) is 17.6 Å². The normalized spacial score (nSPS) is 11.4. The molecule has 6 heteroatoms. The van der Waals surface area contributed by atoms with E-state index in [1.54, 1.807) is 18.4 Å². The number of aryl methyl sites for hydroxylation is 1. The van der Waals surface area contributed by atoms with Gasteiger partial charge in [0.05, 0.1) is 17.8 Å². The van der Waals surface area contributed by atoms with E-state index >= 15 is 0 Å². The first-order chi connectivity index (χ1) is 10.2. The Balaban J connectivity index is 1.82. The number of aromatic nitrogens is 1. The van der Waals surface area contributed by atoms with Gasteiger partial charge in [0.1, 0.15) is 5.75 Å². The van der Waals surface area contributed by atoms with Crippen molar-refractivity contribution in [2.45, 2.75) is 19.8 Å². The van der Waals surface area contributed by atoms with E-state index in [2.05, 4.69) is 27.6 Å². The third kappa shape index (κ3) is 4.75. The number of guanidine groups is 1. The summed E-state index contributed by atoms with van der Waals surface area (Å²) in [5.74, 6) is 1.22. The minimum absolute atomic E-state index is 0.408. The molecule has 0 aliphatic rings. The lowest BCUT2D eigenvalue weighted by atomic mass is 10.3. The van der Waals surface area contributed by atoms with Crippen LogP contribution >= 0.6 is 11.3 Å². The maximum atomic E-state index is 5.86. The third-order valence-corrected chi connectivity index (χ3v) is 3.96. The lowest BCUT2D eigenvalue weighted by Crippen LogP contribution is -2.23. The van der Waals surface area contributed by atoms with Gasteiger partial charge >= 0.3 is 0 Å². The SMILES string of the molecule is CCc1nc(CCN=C(N)Nc2ccc(OC)cc2)cs1. The Morgan fingerprint density at radius 2 is 2.14 bits per heavy atom. The summed E-state index contributed by atoms with van der Waals surface area (Å²) >= 11 is 1.70. The number of ether oxygens (including phenoxy) is 1. The molecule has 0 spiro atoms. The van der Waals surface area contributed by atoms with Crippen LogP contribution in [0.3, 0.4) is 0 Å². The quantitative estimate of drug-likeness (QED) is 0.636. The number of hydrogen-bond donors (Lipinski definition) is 2. The smallest absolute Gasteiger partial charge is 0.193 e. The van der Waals surface area contributed by atoms with Crippen molar-refractivity contribution in [3.8, 4) is 5.75 Å². The van der Waals surface area contributed by atoms with Crippen LogP contribution in [0.5, 0.6) is 5.75 Å². The van der Waals surface area contributed by atoms with E-state index in [-0.39, 0.29) is 0 Å². The number of methoxy groups -OCH3 is 1. The predicted molar refractivity (Wildman–Crippen MR) is 88.3 cm³/mol. The molecule has 0 bridgehead atoms. The maximum Gasteiger partial charge on any atom is 0.193 e. The van der Waals surface area contributed by atoms with E-state index in [0.29, 0.717) is 12.5 Å². The third-order valence-electron chi connectivity index (χ3n) is 2.91. The Morgan fingerprint density at radius 3 is 2.76 bits per heavy atom. The number of benzene rings is 1. The summed E-state index contributed by atoms with van der Waals surface area (Å²) in [5, 5.41) is 6.30. The van der Waals surface area contributed by atoms with Crippen molar-refractivity contribution in [3.05, 3.63) is 40.3 Å². The highest BCUT2D eigenvalue weighted by molar-refractivity contribution is 7.09. The second-order valence-electron chi connectivity index (χ2n) is 4.46. The average molecular weight is 304 g/mol. The molecular formula is C15H20N4OS. The fraction of sp³-hybridized carbons (Fsp3) is 0.333. The van der Waals surface area contributed by atoms with Crippen LogP contribution in [0, 0.1) is 0 Å². The highest BCUT2D eigenvalue weighted by Gasteiger charge is 2.00. The molecule has 0 fully saturated rings. The fourth-order valence-electron chi connectivity index (χ4n) is 1.78. The summed E-state index contributed by atoms with van der Waals surface area (Å²) in [6, 6.07) is 7.54. The Bertz CT molecular complexity index is 592. The standard InChI is InChI=1S/C15H20N4OS/c1-3-14-18-12(10-21-14)8-9-17-15(16)19-11-4-6-13(20-2)7-5-11/h4-7,10H,3,8-9H2,1-2H3,(H3,16,17,19).